The van der Waals surface area contributed by atoms with Crippen molar-refractivity contribution in [2.24, 2.45) is 28.6 Å². The molecule has 0 amide bonds. The molecular formula is C19H28O2. The minimum absolute atomic E-state index is 0.0168. The number of hydrogen-bond donors (Lipinski definition) is 1. The smallest absolute Gasteiger partial charge is 0.139 e. The number of rotatable bonds is 0. The molecule has 0 aliphatic heterocycles. The van der Waals surface area contributed by atoms with Gasteiger partial charge in [-0.1, -0.05) is 25.5 Å². The zero-order valence-corrected chi connectivity index (χ0v) is 13.4. The minimum Gasteiger partial charge on any atom is -0.393 e. The van der Waals surface area contributed by atoms with Crippen molar-refractivity contribution in [3.63, 3.8) is 0 Å². The fourth-order valence-electron chi connectivity index (χ4n) is 6.41. The summed E-state index contributed by atoms with van der Waals surface area (Å²) in [6.07, 6.45) is 10.7. The third-order valence-electron chi connectivity index (χ3n) is 7.79. The highest BCUT2D eigenvalue weighted by Gasteiger charge is 2.58. The quantitative estimate of drug-likeness (QED) is 0.687. The molecule has 4 aliphatic rings. The van der Waals surface area contributed by atoms with E-state index in [0.29, 0.717) is 23.0 Å². The molecule has 0 radical (unpaired) electrons. The van der Waals surface area contributed by atoms with Crippen molar-refractivity contribution in [2.75, 3.05) is 0 Å². The third kappa shape index (κ3) is 1.78. The zero-order chi connectivity index (χ0) is 14.8. The van der Waals surface area contributed by atoms with Crippen LogP contribution in [-0.2, 0) is 4.79 Å². The lowest BCUT2D eigenvalue weighted by Gasteiger charge is -2.56. The Bertz CT molecular complexity index is 508. The number of allylic oxidation sites excluding steroid dienone is 1. The third-order valence-corrected chi connectivity index (χ3v) is 7.79. The fourth-order valence-corrected chi connectivity index (χ4v) is 6.41. The van der Waals surface area contributed by atoms with E-state index in [2.05, 4.69) is 19.9 Å². The van der Waals surface area contributed by atoms with Crippen LogP contribution in [0.1, 0.15) is 65.2 Å². The highest BCUT2D eigenvalue weighted by atomic mass is 16.3. The first-order chi connectivity index (χ1) is 9.95. The second-order valence-electron chi connectivity index (χ2n) is 8.57. The lowest BCUT2D eigenvalue weighted by molar-refractivity contribution is -0.132. The molecule has 1 N–H and O–H groups in total. The Balaban J connectivity index is 1.69. The second kappa shape index (κ2) is 4.44. The number of carbonyl (C=O) groups is 1. The molecule has 0 aromatic rings. The maximum Gasteiger partial charge on any atom is 0.139 e. The number of aliphatic hydroxyl groups excluding tert-OH is 1. The van der Waals surface area contributed by atoms with Gasteiger partial charge in [0.2, 0.25) is 0 Å². The molecule has 0 aromatic heterocycles. The van der Waals surface area contributed by atoms with E-state index in [1.165, 1.54) is 12.0 Å². The maximum atomic E-state index is 12.4. The molecule has 0 heterocycles. The van der Waals surface area contributed by atoms with Crippen molar-refractivity contribution in [3.8, 4) is 0 Å². The Morgan fingerprint density at radius 2 is 1.81 bits per heavy atom. The van der Waals surface area contributed by atoms with Crippen LogP contribution in [-0.4, -0.2) is 17.0 Å². The summed E-state index contributed by atoms with van der Waals surface area (Å²) < 4.78 is 0. The summed E-state index contributed by atoms with van der Waals surface area (Å²) in [4.78, 5) is 12.4. The SMILES string of the molecule is C[C@@]12CC[C@@H]3[C@H](CC=C4C[C@@H](O)CC[C@]43C)[C@H]1CCC2=O. The van der Waals surface area contributed by atoms with Gasteiger partial charge in [-0.25, -0.2) is 0 Å². The van der Waals surface area contributed by atoms with Crippen molar-refractivity contribution in [3.05, 3.63) is 11.6 Å². The van der Waals surface area contributed by atoms with E-state index in [9.17, 15) is 9.90 Å². The van der Waals surface area contributed by atoms with Gasteiger partial charge in [-0.05, 0) is 68.1 Å². The van der Waals surface area contributed by atoms with Crippen LogP contribution in [0.15, 0.2) is 11.6 Å². The van der Waals surface area contributed by atoms with Gasteiger partial charge in [-0.2, -0.15) is 0 Å². The van der Waals surface area contributed by atoms with E-state index in [4.69, 9.17) is 0 Å². The summed E-state index contributed by atoms with van der Waals surface area (Å²) in [5.41, 5.74) is 1.81. The molecule has 116 valence electrons. The average molecular weight is 288 g/mol. The Labute approximate surface area is 128 Å². The number of hydrogen-bond acceptors (Lipinski definition) is 2. The molecule has 2 heteroatoms. The van der Waals surface area contributed by atoms with Crippen LogP contribution in [0.25, 0.3) is 0 Å². The monoisotopic (exact) mass is 288 g/mol. The molecule has 21 heavy (non-hydrogen) atoms. The Morgan fingerprint density at radius 3 is 2.62 bits per heavy atom. The number of carbonyl (C=O) groups excluding carboxylic acids is 1. The van der Waals surface area contributed by atoms with Crippen LogP contribution in [0.3, 0.4) is 0 Å². The summed E-state index contributed by atoms with van der Waals surface area (Å²) in [7, 11) is 0. The van der Waals surface area contributed by atoms with Gasteiger partial charge in [0.25, 0.3) is 0 Å². The van der Waals surface area contributed by atoms with Crippen molar-refractivity contribution >= 4 is 5.78 Å². The van der Waals surface area contributed by atoms with Gasteiger partial charge in [0, 0.05) is 11.8 Å². The number of aliphatic hydroxyl groups is 1. The fraction of sp³-hybridized carbons (Fsp3) is 0.842. The first kappa shape index (κ1) is 14.0. The molecule has 3 saturated carbocycles. The van der Waals surface area contributed by atoms with Crippen LogP contribution in [0.4, 0.5) is 0 Å². The molecule has 4 rings (SSSR count). The molecule has 0 unspecified atom stereocenters. The Kier molecular flexibility index (Phi) is 2.96. The van der Waals surface area contributed by atoms with Crippen molar-refractivity contribution in [2.45, 2.75) is 71.3 Å². The molecular weight excluding hydrogens is 260 g/mol. The van der Waals surface area contributed by atoms with Crippen LogP contribution in [0.5, 0.6) is 0 Å². The van der Waals surface area contributed by atoms with Gasteiger partial charge in [0.05, 0.1) is 6.10 Å². The van der Waals surface area contributed by atoms with Gasteiger partial charge < -0.3 is 5.11 Å². The van der Waals surface area contributed by atoms with E-state index in [1.807, 2.05) is 0 Å². The lowest BCUT2D eigenvalue weighted by atomic mass is 9.48. The minimum atomic E-state index is -0.122. The van der Waals surface area contributed by atoms with Gasteiger partial charge in [-0.3, -0.25) is 4.79 Å². The van der Waals surface area contributed by atoms with E-state index >= 15 is 0 Å². The van der Waals surface area contributed by atoms with E-state index in [1.54, 1.807) is 0 Å². The molecule has 3 fully saturated rings. The first-order valence-corrected chi connectivity index (χ1v) is 8.86. The highest BCUT2D eigenvalue weighted by Crippen LogP contribution is 2.63. The topological polar surface area (TPSA) is 37.3 Å². The van der Waals surface area contributed by atoms with Gasteiger partial charge in [0.1, 0.15) is 5.78 Å². The second-order valence-corrected chi connectivity index (χ2v) is 8.57. The largest absolute Gasteiger partial charge is 0.393 e. The number of Topliss-reactive ketones (excluding diaryl/α,β-unsaturated/α-hetero) is 1. The normalized spacial score (nSPS) is 52.7. The summed E-state index contributed by atoms with van der Waals surface area (Å²) in [5.74, 6) is 2.60. The van der Waals surface area contributed by atoms with Gasteiger partial charge in [-0.15, -0.1) is 0 Å². The maximum absolute atomic E-state index is 12.4. The van der Waals surface area contributed by atoms with Crippen LogP contribution >= 0.6 is 0 Å². The summed E-state index contributed by atoms with van der Waals surface area (Å²) in [5, 5.41) is 10.00. The average Bonchev–Trinajstić information content (AvgIpc) is 2.76. The van der Waals surface area contributed by atoms with Crippen molar-refractivity contribution in [1.29, 1.82) is 0 Å². The molecule has 0 spiro atoms. The molecule has 0 aromatic carbocycles. The summed E-state index contributed by atoms with van der Waals surface area (Å²) in [6.45, 7) is 4.69. The standard InChI is InChI=1S/C19H28O2/c1-18-9-7-13(20)11-12(18)3-4-14-15-5-6-17(21)19(15,2)10-8-16(14)18/h3,13-16,20H,4-11H2,1-2H3/t13-,14+,15+,16+,18+,19+/m0/s1. The van der Waals surface area contributed by atoms with Gasteiger partial charge >= 0.3 is 0 Å². The first-order valence-electron chi connectivity index (χ1n) is 8.86. The molecule has 2 nitrogen and oxygen atoms in total. The molecule has 4 aliphatic carbocycles. The Hall–Kier alpha value is -0.630. The predicted molar refractivity (Wildman–Crippen MR) is 82.7 cm³/mol. The van der Waals surface area contributed by atoms with Crippen LogP contribution < -0.4 is 0 Å². The molecule has 0 saturated heterocycles. The van der Waals surface area contributed by atoms with E-state index in [0.717, 1.165) is 50.9 Å². The lowest BCUT2D eigenvalue weighted by Crippen LogP contribution is -2.50. The van der Waals surface area contributed by atoms with Gasteiger partial charge in [0.15, 0.2) is 0 Å². The van der Waals surface area contributed by atoms with Crippen LogP contribution in [0.2, 0.25) is 0 Å². The zero-order valence-electron chi connectivity index (χ0n) is 13.4. The van der Waals surface area contributed by atoms with E-state index < -0.39 is 0 Å². The number of ketones is 1. The van der Waals surface area contributed by atoms with Crippen LogP contribution in [0, 0.1) is 28.6 Å². The van der Waals surface area contributed by atoms with Crippen molar-refractivity contribution < 1.29 is 9.90 Å². The number of fused-ring (bicyclic) bond motifs is 5. The highest BCUT2D eigenvalue weighted by molar-refractivity contribution is 5.87. The predicted octanol–water partition coefficient (Wildman–Crippen LogP) is 3.88. The molecule has 0 bridgehead atoms. The van der Waals surface area contributed by atoms with E-state index in [-0.39, 0.29) is 11.5 Å². The molecule has 6 atom stereocenters. The summed E-state index contributed by atoms with van der Waals surface area (Å²) in [6, 6.07) is 0. The van der Waals surface area contributed by atoms with Crippen molar-refractivity contribution in [1.82, 2.24) is 0 Å². The summed E-state index contributed by atoms with van der Waals surface area (Å²) >= 11 is 0. The Morgan fingerprint density at radius 1 is 1.10 bits per heavy atom.